The summed E-state index contributed by atoms with van der Waals surface area (Å²) >= 11 is 4.78. The number of nitrogens with zero attached hydrogens (tertiary/aromatic N) is 3. The average Bonchev–Trinajstić information content (AvgIpc) is 3.21. The quantitative estimate of drug-likeness (QED) is 0.364. The summed E-state index contributed by atoms with van der Waals surface area (Å²) in [5.41, 5.74) is 1.08. The lowest BCUT2D eigenvalue weighted by Gasteiger charge is -2.18. The van der Waals surface area contributed by atoms with Gasteiger partial charge in [0, 0.05) is 10.9 Å². The van der Waals surface area contributed by atoms with Crippen LogP contribution in [0.3, 0.4) is 0 Å². The first-order chi connectivity index (χ1) is 14.8. The third kappa shape index (κ3) is 4.21. The number of carbonyl (C=O) groups excluding carboxylic acids is 1. The molecule has 1 saturated carbocycles. The van der Waals surface area contributed by atoms with Crippen molar-refractivity contribution in [3.05, 3.63) is 75.8 Å². The molecule has 5 nitrogen and oxygen atoms in total. The van der Waals surface area contributed by atoms with Gasteiger partial charge in [0.2, 0.25) is 5.91 Å². The molecule has 30 heavy (non-hydrogen) atoms. The minimum Gasteiger partial charge on any atom is -0.344 e. The van der Waals surface area contributed by atoms with Gasteiger partial charge in [-0.2, -0.15) is 0 Å². The Balaban J connectivity index is 1.30. The zero-order chi connectivity index (χ0) is 20.3. The summed E-state index contributed by atoms with van der Waals surface area (Å²) in [6.07, 6.45) is 2.29. The van der Waals surface area contributed by atoms with Gasteiger partial charge in [0.1, 0.15) is 0 Å². The molecule has 1 N–H and O–H groups in total. The van der Waals surface area contributed by atoms with E-state index in [0.717, 1.165) is 39.1 Å². The van der Waals surface area contributed by atoms with Crippen LogP contribution in [0.25, 0.3) is 10.7 Å². The number of rotatable bonds is 8. The number of carbonyl (C=O) groups is 1. The number of thiophene rings is 2. The number of hydrogen-bond acceptors (Lipinski definition) is 6. The first kappa shape index (κ1) is 19.5. The summed E-state index contributed by atoms with van der Waals surface area (Å²) in [5.74, 6) is 1.21. The van der Waals surface area contributed by atoms with E-state index in [1.165, 1.54) is 11.8 Å². The van der Waals surface area contributed by atoms with Crippen molar-refractivity contribution in [1.29, 1.82) is 0 Å². The molecule has 1 aliphatic rings. The van der Waals surface area contributed by atoms with Crippen molar-refractivity contribution in [2.24, 2.45) is 0 Å². The number of benzene rings is 1. The molecule has 1 aromatic carbocycles. The fraction of sp³-hybridized carbons (Fsp3) is 0.227. The molecule has 0 radical (unpaired) electrons. The minimum atomic E-state index is -0.137. The molecule has 1 atom stereocenters. The lowest BCUT2D eigenvalue weighted by molar-refractivity contribution is -0.119. The maximum absolute atomic E-state index is 12.8. The lowest BCUT2D eigenvalue weighted by atomic mass is 10.1. The van der Waals surface area contributed by atoms with E-state index in [1.807, 2.05) is 35.7 Å². The molecule has 8 heteroatoms. The summed E-state index contributed by atoms with van der Waals surface area (Å²) < 4.78 is 2.21. The molecule has 1 fully saturated rings. The summed E-state index contributed by atoms with van der Waals surface area (Å²) in [6.45, 7) is 0. The molecule has 0 aliphatic heterocycles. The molecule has 4 aromatic rings. The Morgan fingerprint density at radius 1 is 1.07 bits per heavy atom. The highest BCUT2D eigenvalue weighted by Gasteiger charge is 2.30. The van der Waals surface area contributed by atoms with Gasteiger partial charge < -0.3 is 5.32 Å². The molecular weight excluding hydrogens is 432 g/mol. The van der Waals surface area contributed by atoms with E-state index in [4.69, 9.17) is 0 Å². The van der Waals surface area contributed by atoms with Gasteiger partial charge in [0.05, 0.1) is 16.7 Å². The van der Waals surface area contributed by atoms with Crippen LogP contribution in [-0.4, -0.2) is 26.4 Å². The molecule has 0 spiro atoms. The lowest BCUT2D eigenvalue weighted by Crippen LogP contribution is -2.30. The maximum atomic E-state index is 12.8. The Morgan fingerprint density at radius 2 is 1.87 bits per heavy atom. The third-order valence-corrected chi connectivity index (χ3v) is 7.66. The van der Waals surface area contributed by atoms with Crippen LogP contribution in [0.1, 0.15) is 35.4 Å². The van der Waals surface area contributed by atoms with Crippen molar-refractivity contribution in [2.45, 2.75) is 30.1 Å². The summed E-state index contributed by atoms with van der Waals surface area (Å²) in [7, 11) is 0. The highest BCUT2D eigenvalue weighted by atomic mass is 32.2. The Kier molecular flexibility index (Phi) is 5.70. The number of hydrogen-bond donors (Lipinski definition) is 1. The molecule has 3 heterocycles. The molecule has 1 amide bonds. The largest absolute Gasteiger partial charge is 0.344 e. The highest BCUT2D eigenvalue weighted by Crippen LogP contribution is 2.41. The van der Waals surface area contributed by atoms with E-state index in [1.54, 1.807) is 22.7 Å². The Bertz CT molecular complexity index is 1100. The SMILES string of the molecule is O=C(CSc1nnc(-c2cccs2)n1C1CC1)N[C@H](c1ccccc1)c1cccs1. The van der Waals surface area contributed by atoms with Crippen LogP contribution in [0.15, 0.2) is 70.5 Å². The zero-order valence-electron chi connectivity index (χ0n) is 16.1. The Morgan fingerprint density at radius 3 is 2.57 bits per heavy atom. The average molecular weight is 453 g/mol. The van der Waals surface area contributed by atoms with Gasteiger partial charge in [-0.3, -0.25) is 9.36 Å². The van der Waals surface area contributed by atoms with Crippen molar-refractivity contribution in [2.75, 3.05) is 5.75 Å². The zero-order valence-corrected chi connectivity index (χ0v) is 18.6. The molecule has 152 valence electrons. The van der Waals surface area contributed by atoms with Gasteiger partial charge in [-0.1, -0.05) is 54.2 Å². The normalized spacial score (nSPS) is 14.5. The summed E-state index contributed by atoms with van der Waals surface area (Å²) in [5, 5.41) is 16.9. The molecule has 1 aliphatic carbocycles. The summed E-state index contributed by atoms with van der Waals surface area (Å²) in [6, 6.07) is 18.6. The van der Waals surface area contributed by atoms with Gasteiger partial charge in [-0.15, -0.1) is 32.9 Å². The second kappa shape index (κ2) is 8.75. The fourth-order valence-corrected chi connectivity index (χ4v) is 5.69. The van der Waals surface area contributed by atoms with E-state index in [-0.39, 0.29) is 11.9 Å². The smallest absolute Gasteiger partial charge is 0.231 e. The van der Waals surface area contributed by atoms with Crippen molar-refractivity contribution in [3.8, 4) is 10.7 Å². The Hall–Kier alpha value is -2.42. The van der Waals surface area contributed by atoms with Crippen LogP contribution in [0, 0.1) is 0 Å². The Labute approximate surface area is 187 Å². The van der Waals surface area contributed by atoms with E-state index < -0.39 is 0 Å². The number of nitrogens with one attached hydrogen (secondary N) is 1. The first-order valence-corrected chi connectivity index (χ1v) is 12.5. The standard InChI is InChI=1S/C22H20N4OS3/c27-19(23-20(17-8-4-12-28-17)15-6-2-1-3-7-15)14-30-22-25-24-21(18-9-5-13-29-18)26(22)16-10-11-16/h1-9,12-13,16,20H,10-11,14H2,(H,23,27)/t20-/m1/s1. The van der Waals surface area contributed by atoms with Crippen LogP contribution in [0.2, 0.25) is 0 Å². The predicted molar refractivity (Wildman–Crippen MR) is 123 cm³/mol. The van der Waals surface area contributed by atoms with Crippen LogP contribution in [0.5, 0.6) is 0 Å². The number of aromatic nitrogens is 3. The van der Waals surface area contributed by atoms with E-state index in [2.05, 4.69) is 49.7 Å². The van der Waals surface area contributed by atoms with Crippen molar-refractivity contribution >= 4 is 40.3 Å². The second-order valence-electron chi connectivity index (χ2n) is 7.10. The topological polar surface area (TPSA) is 59.8 Å². The third-order valence-electron chi connectivity index (χ3n) is 4.92. The van der Waals surface area contributed by atoms with Gasteiger partial charge in [-0.05, 0) is 41.3 Å². The molecular formula is C22H20N4OS3. The fourth-order valence-electron chi connectivity index (χ4n) is 3.36. The van der Waals surface area contributed by atoms with Crippen LogP contribution in [0.4, 0.5) is 0 Å². The predicted octanol–water partition coefficient (Wildman–Crippen LogP) is 5.40. The van der Waals surface area contributed by atoms with Crippen LogP contribution in [-0.2, 0) is 4.79 Å². The van der Waals surface area contributed by atoms with E-state index in [9.17, 15) is 4.79 Å². The first-order valence-electron chi connectivity index (χ1n) is 9.79. The molecule has 5 rings (SSSR count). The summed E-state index contributed by atoms with van der Waals surface area (Å²) in [4.78, 5) is 15.1. The second-order valence-corrected chi connectivity index (χ2v) is 9.97. The highest BCUT2D eigenvalue weighted by molar-refractivity contribution is 7.99. The van der Waals surface area contributed by atoms with Crippen molar-refractivity contribution < 1.29 is 4.79 Å². The van der Waals surface area contributed by atoms with Gasteiger partial charge in [0.25, 0.3) is 0 Å². The molecule has 0 saturated heterocycles. The van der Waals surface area contributed by atoms with Crippen LogP contribution < -0.4 is 5.32 Å². The minimum absolute atomic E-state index is 0.00901. The van der Waals surface area contributed by atoms with E-state index in [0.29, 0.717) is 11.8 Å². The monoisotopic (exact) mass is 452 g/mol. The van der Waals surface area contributed by atoms with Crippen molar-refractivity contribution in [1.82, 2.24) is 20.1 Å². The van der Waals surface area contributed by atoms with Crippen molar-refractivity contribution in [3.63, 3.8) is 0 Å². The molecule has 0 unspecified atom stereocenters. The molecule has 3 aromatic heterocycles. The van der Waals surface area contributed by atoms with Crippen LogP contribution >= 0.6 is 34.4 Å². The number of amides is 1. The van der Waals surface area contributed by atoms with Gasteiger partial charge >= 0.3 is 0 Å². The van der Waals surface area contributed by atoms with Gasteiger partial charge in [-0.25, -0.2) is 0 Å². The van der Waals surface area contributed by atoms with Gasteiger partial charge in [0.15, 0.2) is 11.0 Å². The van der Waals surface area contributed by atoms with E-state index >= 15 is 0 Å². The molecule has 0 bridgehead atoms. The maximum Gasteiger partial charge on any atom is 0.231 e. The number of thioether (sulfide) groups is 1.